The lowest BCUT2D eigenvalue weighted by Gasteiger charge is -2.11. The predicted molar refractivity (Wildman–Crippen MR) is 82.0 cm³/mol. The highest BCUT2D eigenvalue weighted by Crippen LogP contribution is 2.30. The van der Waals surface area contributed by atoms with Gasteiger partial charge in [-0.15, -0.1) is 0 Å². The minimum atomic E-state index is -4.48. The largest absolute Gasteiger partial charge is 0.416 e. The highest BCUT2D eigenvalue weighted by atomic mass is 19.4. The highest BCUT2D eigenvalue weighted by molar-refractivity contribution is 6.04. The lowest BCUT2D eigenvalue weighted by atomic mass is 10.1. The number of carbonyl (C=O) groups is 1. The van der Waals surface area contributed by atoms with E-state index < -0.39 is 22.6 Å². The van der Waals surface area contributed by atoms with Gasteiger partial charge in [0.05, 0.1) is 16.2 Å². The van der Waals surface area contributed by atoms with Crippen LogP contribution in [0.3, 0.4) is 0 Å². The molecule has 0 aliphatic heterocycles. The van der Waals surface area contributed by atoms with Crippen molar-refractivity contribution in [2.75, 3.05) is 5.32 Å². The Morgan fingerprint density at radius 3 is 2.17 bits per heavy atom. The summed E-state index contributed by atoms with van der Waals surface area (Å²) < 4.78 is 37.5. The van der Waals surface area contributed by atoms with Crippen LogP contribution in [0.15, 0.2) is 36.4 Å². The van der Waals surface area contributed by atoms with Crippen molar-refractivity contribution in [1.29, 1.82) is 0 Å². The monoisotopic (exact) mass is 338 g/mol. The van der Waals surface area contributed by atoms with Crippen molar-refractivity contribution in [1.82, 2.24) is 0 Å². The van der Waals surface area contributed by atoms with Crippen molar-refractivity contribution in [2.24, 2.45) is 0 Å². The van der Waals surface area contributed by atoms with Gasteiger partial charge in [-0.2, -0.15) is 13.2 Å². The summed E-state index contributed by atoms with van der Waals surface area (Å²) in [5.74, 6) is -0.648. The maximum Gasteiger partial charge on any atom is 0.416 e. The molecule has 2 rings (SSSR count). The Hall–Kier alpha value is -2.90. The Kier molecular flexibility index (Phi) is 4.59. The SMILES string of the molecule is Cc1cc(C)c([N+](=O)[O-])cc1NC(=O)c1ccc(C(F)(F)F)cc1. The van der Waals surface area contributed by atoms with Crippen molar-refractivity contribution in [3.8, 4) is 0 Å². The van der Waals surface area contributed by atoms with Crippen LogP contribution < -0.4 is 5.32 Å². The summed E-state index contributed by atoms with van der Waals surface area (Å²) in [5.41, 5.74) is 0.302. The van der Waals surface area contributed by atoms with E-state index in [9.17, 15) is 28.1 Å². The minimum Gasteiger partial charge on any atom is -0.321 e. The second kappa shape index (κ2) is 6.31. The number of nitro benzene ring substituents is 1. The van der Waals surface area contributed by atoms with Crippen molar-refractivity contribution >= 4 is 17.3 Å². The van der Waals surface area contributed by atoms with Crippen molar-refractivity contribution < 1.29 is 22.9 Å². The van der Waals surface area contributed by atoms with Crippen LogP contribution in [0.25, 0.3) is 0 Å². The van der Waals surface area contributed by atoms with Gasteiger partial charge in [-0.25, -0.2) is 0 Å². The Morgan fingerprint density at radius 2 is 1.67 bits per heavy atom. The number of nitrogens with one attached hydrogen (secondary N) is 1. The number of nitro groups is 1. The number of nitrogens with zero attached hydrogens (tertiary/aromatic N) is 1. The summed E-state index contributed by atoms with van der Waals surface area (Å²) in [6, 6.07) is 6.50. The third-order valence-corrected chi connectivity index (χ3v) is 3.46. The zero-order valence-electron chi connectivity index (χ0n) is 12.8. The van der Waals surface area contributed by atoms with Crippen LogP contribution >= 0.6 is 0 Å². The summed E-state index contributed by atoms with van der Waals surface area (Å²) >= 11 is 0. The van der Waals surface area contributed by atoms with Gasteiger partial charge in [0, 0.05) is 17.2 Å². The number of halogens is 3. The number of rotatable bonds is 3. The summed E-state index contributed by atoms with van der Waals surface area (Å²) in [4.78, 5) is 22.5. The van der Waals surface area contributed by atoms with E-state index >= 15 is 0 Å². The number of alkyl halides is 3. The third-order valence-electron chi connectivity index (χ3n) is 3.46. The molecule has 126 valence electrons. The number of benzene rings is 2. The highest BCUT2D eigenvalue weighted by Gasteiger charge is 2.30. The molecule has 5 nitrogen and oxygen atoms in total. The first-order chi connectivity index (χ1) is 11.1. The zero-order chi connectivity index (χ0) is 18.1. The molecule has 1 N–H and O–H groups in total. The standard InChI is InChI=1S/C16H13F3N2O3/c1-9-7-10(2)14(21(23)24)8-13(9)20-15(22)11-3-5-12(6-4-11)16(17,18)19/h3-8H,1-2H3,(H,20,22). The summed E-state index contributed by atoms with van der Waals surface area (Å²) in [6.45, 7) is 3.24. The average molecular weight is 338 g/mol. The Morgan fingerprint density at radius 1 is 1.08 bits per heavy atom. The molecule has 0 spiro atoms. The van der Waals surface area contributed by atoms with Crippen molar-refractivity contribution in [3.63, 3.8) is 0 Å². The lowest BCUT2D eigenvalue weighted by molar-refractivity contribution is -0.385. The van der Waals surface area contributed by atoms with Gasteiger partial charge in [0.2, 0.25) is 0 Å². The first-order valence-corrected chi connectivity index (χ1v) is 6.84. The number of amides is 1. The number of hydrogen-bond donors (Lipinski definition) is 1. The minimum absolute atomic E-state index is 0.0191. The molecule has 0 aromatic heterocycles. The zero-order valence-corrected chi connectivity index (χ0v) is 12.8. The van der Waals surface area contributed by atoms with E-state index in [4.69, 9.17) is 0 Å². The van der Waals surface area contributed by atoms with E-state index in [-0.39, 0.29) is 16.9 Å². The maximum atomic E-state index is 12.5. The van der Waals surface area contributed by atoms with Crippen LogP contribution in [0.2, 0.25) is 0 Å². The van der Waals surface area contributed by atoms with Gasteiger partial charge >= 0.3 is 6.18 Å². The quantitative estimate of drug-likeness (QED) is 0.662. The molecule has 0 unspecified atom stereocenters. The van der Waals surface area contributed by atoms with Crippen molar-refractivity contribution in [2.45, 2.75) is 20.0 Å². The molecular weight excluding hydrogens is 325 g/mol. The van der Waals surface area contributed by atoms with Gasteiger partial charge in [-0.1, -0.05) is 0 Å². The van der Waals surface area contributed by atoms with E-state index in [1.807, 2.05) is 0 Å². The van der Waals surface area contributed by atoms with E-state index in [0.717, 1.165) is 24.3 Å². The molecular formula is C16H13F3N2O3. The second-order valence-electron chi connectivity index (χ2n) is 5.24. The molecule has 0 heterocycles. The molecule has 0 saturated heterocycles. The first-order valence-electron chi connectivity index (χ1n) is 6.84. The number of hydrogen-bond acceptors (Lipinski definition) is 3. The first kappa shape index (κ1) is 17.5. The van der Waals surface area contributed by atoms with E-state index in [2.05, 4.69) is 5.32 Å². The summed E-state index contributed by atoms with van der Waals surface area (Å²) in [5, 5.41) is 13.4. The van der Waals surface area contributed by atoms with Gasteiger partial charge in [0.25, 0.3) is 11.6 Å². The topological polar surface area (TPSA) is 72.2 Å². The molecule has 0 aliphatic rings. The van der Waals surface area contributed by atoms with E-state index in [0.29, 0.717) is 11.1 Å². The fourth-order valence-corrected chi connectivity index (χ4v) is 2.18. The molecule has 0 fully saturated rings. The predicted octanol–water partition coefficient (Wildman–Crippen LogP) is 4.48. The Labute approximate surface area is 135 Å². The van der Waals surface area contributed by atoms with E-state index in [1.165, 1.54) is 6.07 Å². The van der Waals surface area contributed by atoms with Crippen LogP contribution in [0.1, 0.15) is 27.0 Å². The Balaban J connectivity index is 2.27. The van der Waals surface area contributed by atoms with Gasteiger partial charge < -0.3 is 5.32 Å². The average Bonchev–Trinajstić information content (AvgIpc) is 2.48. The molecule has 1 amide bonds. The van der Waals surface area contributed by atoms with E-state index in [1.54, 1.807) is 19.9 Å². The number of aryl methyl sites for hydroxylation is 2. The van der Waals surface area contributed by atoms with Crippen LogP contribution in [0, 0.1) is 24.0 Å². The smallest absolute Gasteiger partial charge is 0.321 e. The fourth-order valence-electron chi connectivity index (χ4n) is 2.18. The summed E-state index contributed by atoms with van der Waals surface area (Å²) in [6.07, 6.45) is -4.48. The molecule has 0 radical (unpaired) electrons. The third kappa shape index (κ3) is 3.70. The Bertz CT molecular complexity index is 799. The van der Waals surface area contributed by atoms with Crippen LogP contribution in [0.5, 0.6) is 0 Å². The molecule has 2 aromatic rings. The molecule has 2 aromatic carbocycles. The normalized spacial score (nSPS) is 11.2. The van der Waals surface area contributed by atoms with Gasteiger partial charge in [0.1, 0.15) is 0 Å². The molecule has 0 bridgehead atoms. The second-order valence-corrected chi connectivity index (χ2v) is 5.24. The number of carbonyl (C=O) groups excluding carboxylic acids is 1. The molecule has 0 atom stereocenters. The number of anilines is 1. The summed E-state index contributed by atoms with van der Waals surface area (Å²) in [7, 11) is 0. The molecule has 24 heavy (non-hydrogen) atoms. The molecule has 0 aliphatic carbocycles. The maximum absolute atomic E-state index is 12.5. The molecule has 0 saturated carbocycles. The molecule has 8 heteroatoms. The van der Waals surface area contributed by atoms with Crippen LogP contribution in [-0.4, -0.2) is 10.8 Å². The van der Waals surface area contributed by atoms with Gasteiger partial charge in [0.15, 0.2) is 0 Å². The van der Waals surface area contributed by atoms with Crippen LogP contribution in [-0.2, 0) is 6.18 Å². The van der Waals surface area contributed by atoms with Gasteiger partial charge in [-0.05, 0) is 49.7 Å². The fraction of sp³-hybridized carbons (Fsp3) is 0.188. The lowest BCUT2D eigenvalue weighted by Crippen LogP contribution is -2.14. The van der Waals surface area contributed by atoms with Gasteiger partial charge in [-0.3, -0.25) is 14.9 Å². The van der Waals surface area contributed by atoms with Crippen molar-refractivity contribution in [3.05, 3.63) is 68.8 Å². The van der Waals surface area contributed by atoms with Crippen LogP contribution in [0.4, 0.5) is 24.5 Å².